The number of aliphatic imine (C=N–C) groups is 3. The van der Waals surface area contributed by atoms with Crippen molar-refractivity contribution in [3.8, 4) is 0 Å². The fraction of sp³-hybridized carbons (Fsp3) is 0.190. The number of halogens is 5. The summed E-state index contributed by atoms with van der Waals surface area (Å²) in [6, 6.07) is 58.4. The minimum absolute atomic E-state index is 0.159. The number of hydrogen-bond donors (Lipinski definition) is 3. The van der Waals surface area contributed by atoms with Crippen LogP contribution in [0.25, 0.3) is 32.3 Å². The van der Waals surface area contributed by atoms with Crippen LogP contribution in [0.5, 0.6) is 0 Å². The summed E-state index contributed by atoms with van der Waals surface area (Å²) in [5, 5.41) is 18.4. The molecule has 3 N–H and O–H groups in total. The van der Waals surface area contributed by atoms with E-state index in [-0.39, 0.29) is 5.82 Å². The van der Waals surface area contributed by atoms with Crippen molar-refractivity contribution in [1.82, 2.24) is 16.0 Å². The molecule has 372 valence electrons. The molecule has 12 rings (SSSR count). The molecule has 11 heteroatoms. The van der Waals surface area contributed by atoms with Crippen molar-refractivity contribution in [2.75, 3.05) is 39.3 Å². The molecule has 3 heterocycles. The molecule has 0 unspecified atom stereocenters. The molecule has 0 fully saturated rings. The lowest BCUT2D eigenvalue weighted by Crippen LogP contribution is -2.21. The van der Waals surface area contributed by atoms with Gasteiger partial charge in [0.25, 0.3) is 0 Å². The average Bonchev–Trinajstić information content (AvgIpc) is 4.26. The Balaban J connectivity index is 0.000000127. The molecule has 3 aliphatic heterocycles. The summed E-state index contributed by atoms with van der Waals surface area (Å²) in [6.07, 6.45) is 5.27. The number of amidine groups is 3. The molecular weight excluding hydrogens is 1130 g/mol. The van der Waals surface area contributed by atoms with E-state index in [0.29, 0.717) is 6.42 Å². The summed E-state index contributed by atoms with van der Waals surface area (Å²) in [5.41, 5.74) is 10.5. The Bertz CT molecular complexity index is 3430. The lowest BCUT2D eigenvalue weighted by Gasteiger charge is -2.13. The monoisotopic (exact) mass is 1190 g/mol. The molecule has 0 saturated carbocycles. The standard InChI is InChI=1S/C21H18BrClN2.C21H18BrFN2.C21H19BrN2/c2*22-16-12-14-4-1-2-5-17(14)15(13-16)8-9-18-19(6-3-7-20(18)23)21-24-10-11-25-21;22-18-13-16-6-2-3-7-19(16)17(14-18)10-9-15-5-1-4-8-20(15)21-23-11-12-24-21/h2*1-7,12-13H,8-11H2,(H,24,25);1-8,13-14H,9-12H2,(H,23,24). The van der Waals surface area contributed by atoms with Gasteiger partial charge in [-0.25, -0.2) is 4.39 Å². The third kappa shape index (κ3) is 12.3. The summed E-state index contributed by atoms with van der Waals surface area (Å²) >= 11 is 17.4. The van der Waals surface area contributed by atoms with Crippen LogP contribution in [0, 0.1) is 5.82 Å². The van der Waals surface area contributed by atoms with Gasteiger partial charge in [-0.2, -0.15) is 0 Å². The molecule has 0 bridgehead atoms. The zero-order valence-corrected chi connectivity index (χ0v) is 46.4. The van der Waals surface area contributed by atoms with Gasteiger partial charge in [0, 0.05) is 54.8 Å². The predicted molar refractivity (Wildman–Crippen MR) is 320 cm³/mol. The Labute approximate surface area is 463 Å². The minimum atomic E-state index is -0.159. The summed E-state index contributed by atoms with van der Waals surface area (Å²) in [7, 11) is 0. The second-order valence-electron chi connectivity index (χ2n) is 18.5. The Kier molecular flexibility index (Phi) is 17.0. The number of nitrogens with one attached hydrogen (secondary N) is 3. The fourth-order valence-electron chi connectivity index (χ4n) is 10.2. The quantitative estimate of drug-likeness (QED) is 0.114. The lowest BCUT2D eigenvalue weighted by atomic mass is 9.95. The summed E-state index contributed by atoms with van der Waals surface area (Å²) in [5.74, 6) is 2.67. The molecular formula is C63H55Br3ClFN6. The molecule has 0 aliphatic carbocycles. The Morgan fingerprint density at radius 3 is 1.26 bits per heavy atom. The number of nitrogens with zero attached hydrogens (tertiary/aromatic N) is 3. The maximum Gasteiger partial charge on any atom is 0.128 e. The van der Waals surface area contributed by atoms with Crippen molar-refractivity contribution in [1.29, 1.82) is 0 Å². The highest BCUT2D eigenvalue weighted by Gasteiger charge is 2.19. The number of hydrogen-bond acceptors (Lipinski definition) is 6. The van der Waals surface area contributed by atoms with E-state index in [9.17, 15) is 4.39 Å². The molecule has 0 radical (unpaired) electrons. The number of aryl methyl sites for hydroxylation is 4. The molecule has 0 atom stereocenters. The van der Waals surface area contributed by atoms with Gasteiger partial charge >= 0.3 is 0 Å². The molecule has 6 nitrogen and oxygen atoms in total. The van der Waals surface area contributed by atoms with E-state index in [1.807, 2.05) is 30.3 Å². The lowest BCUT2D eigenvalue weighted by molar-refractivity contribution is 0.608. The third-order valence-corrected chi connectivity index (χ3v) is 15.5. The van der Waals surface area contributed by atoms with E-state index in [4.69, 9.17) is 11.6 Å². The Hall–Kier alpha value is -6.17. The normalized spacial score (nSPS) is 13.8. The van der Waals surface area contributed by atoms with E-state index in [1.165, 1.54) is 71.8 Å². The third-order valence-electron chi connectivity index (χ3n) is 13.7. The van der Waals surface area contributed by atoms with Crippen molar-refractivity contribution < 1.29 is 4.39 Å². The first kappa shape index (κ1) is 51.3. The van der Waals surface area contributed by atoms with Gasteiger partial charge in [-0.15, -0.1) is 0 Å². The van der Waals surface area contributed by atoms with Gasteiger partial charge in [-0.05, 0) is 153 Å². The van der Waals surface area contributed by atoms with Gasteiger partial charge in [0.05, 0.1) is 19.6 Å². The van der Waals surface area contributed by atoms with Gasteiger partial charge in [-0.3, -0.25) is 15.0 Å². The Morgan fingerprint density at radius 2 is 0.770 bits per heavy atom. The van der Waals surface area contributed by atoms with Crippen LogP contribution in [-0.2, 0) is 38.5 Å². The SMILES string of the molecule is Brc1cc(CCc2ccccc2C2=NCCN2)c2ccccc2c1.Clc1cccc(C2=NCCN2)c1CCc1cc(Br)cc2ccccc12.Fc1cccc(C2=NCCN2)c1CCc1cc(Br)cc2ccccc12. The topological polar surface area (TPSA) is 73.2 Å². The van der Waals surface area contributed by atoms with Crippen molar-refractivity contribution in [3.05, 3.63) is 244 Å². The van der Waals surface area contributed by atoms with E-state index in [2.05, 4.69) is 206 Å². The van der Waals surface area contributed by atoms with E-state index >= 15 is 0 Å². The molecule has 9 aromatic rings. The number of benzene rings is 9. The van der Waals surface area contributed by atoms with Crippen LogP contribution in [0.2, 0.25) is 5.02 Å². The highest BCUT2D eigenvalue weighted by molar-refractivity contribution is 9.11. The molecule has 9 aromatic carbocycles. The van der Waals surface area contributed by atoms with Crippen LogP contribution < -0.4 is 16.0 Å². The molecule has 0 saturated heterocycles. The van der Waals surface area contributed by atoms with Gasteiger partial charge in [0.2, 0.25) is 0 Å². The first-order chi connectivity index (χ1) is 36.3. The largest absolute Gasteiger partial charge is 0.368 e. The van der Waals surface area contributed by atoms with Crippen LogP contribution >= 0.6 is 59.4 Å². The molecule has 3 aliphatic rings. The second kappa shape index (κ2) is 24.5. The van der Waals surface area contributed by atoms with Crippen LogP contribution in [0.1, 0.15) is 50.1 Å². The first-order valence-corrected chi connectivity index (χ1v) is 28.0. The highest BCUT2D eigenvalue weighted by Crippen LogP contribution is 2.31. The zero-order chi connectivity index (χ0) is 50.8. The van der Waals surface area contributed by atoms with Crippen molar-refractivity contribution in [2.45, 2.75) is 38.5 Å². The van der Waals surface area contributed by atoms with Gasteiger partial charge < -0.3 is 16.0 Å². The second-order valence-corrected chi connectivity index (χ2v) is 21.7. The molecule has 0 aromatic heterocycles. The van der Waals surface area contributed by atoms with Gasteiger partial charge in [0.1, 0.15) is 23.3 Å². The zero-order valence-electron chi connectivity index (χ0n) is 40.9. The predicted octanol–water partition coefficient (Wildman–Crippen LogP) is 15.0. The van der Waals surface area contributed by atoms with Crippen molar-refractivity contribution >= 4 is 109 Å². The van der Waals surface area contributed by atoms with E-state index < -0.39 is 0 Å². The summed E-state index contributed by atoms with van der Waals surface area (Å²) < 4.78 is 17.8. The smallest absolute Gasteiger partial charge is 0.128 e. The molecule has 74 heavy (non-hydrogen) atoms. The maximum absolute atomic E-state index is 14.5. The molecule has 0 amide bonds. The van der Waals surface area contributed by atoms with E-state index in [1.54, 1.807) is 6.07 Å². The first-order valence-electron chi connectivity index (χ1n) is 25.3. The Morgan fingerprint density at radius 1 is 0.392 bits per heavy atom. The molecule has 0 spiro atoms. The number of rotatable bonds is 12. The number of fused-ring (bicyclic) bond motifs is 3. The summed E-state index contributed by atoms with van der Waals surface area (Å²) in [4.78, 5) is 13.6. The fourth-order valence-corrected chi connectivity index (χ4v) is 12.1. The van der Waals surface area contributed by atoms with Gasteiger partial charge in [0.15, 0.2) is 0 Å². The highest BCUT2D eigenvalue weighted by atomic mass is 79.9. The van der Waals surface area contributed by atoms with E-state index in [0.717, 1.165) is 124 Å². The van der Waals surface area contributed by atoms with Crippen molar-refractivity contribution in [3.63, 3.8) is 0 Å². The maximum atomic E-state index is 14.5. The average molecular weight is 1190 g/mol. The van der Waals surface area contributed by atoms with Crippen LogP contribution in [0.4, 0.5) is 4.39 Å². The van der Waals surface area contributed by atoms with Crippen molar-refractivity contribution in [2.24, 2.45) is 15.0 Å². The van der Waals surface area contributed by atoms with Gasteiger partial charge in [-0.1, -0.05) is 181 Å². The van der Waals surface area contributed by atoms with Crippen LogP contribution in [-0.4, -0.2) is 56.8 Å². The van der Waals surface area contributed by atoms with Crippen LogP contribution in [0.15, 0.2) is 198 Å². The van der Waals surface area contributed by atoms with Crippen LogP contribution in [0.3, 0.4) is 0 Å². The minimum Gasteiger partial charge on any atom is -0.368 e. The summed E-state index contributed by atoms with van der Waals surface area (Å²) in [6.45, 7) is 5.12.